The summed E-state index contributed by atoms with van der Waals surface area (Å²) in [6, 6.07) is 8.65. The SMILES string of the molecule is CN(C)[C@H]1C(O)=C(C(N)=O)C(=O)[C@@]2(O)C(O)=C3C(=O)c4c(O)c(CN)cc(-c5ccc(C(C)(C)C)cc5)c4C[C@H]3C[C@@H]12. The van der Waals surface area contributed by atoms with E-state index in [9.17, 15) is 34.8 Å². The number of Topliss-reactive ketones (excluding diaryl/α,β-unsaturated/α-hetero) is 2. The van der Waals surface area contributed by atoms with Gasteiger partial charge >= 0.3 is 0 Å². The van der Waals surface area contributed by atoms with Crippen molar-refractivity contribution >= 4 is 17.5 Å². The number of nitrogens with two attached hydrogens (primary N) is 2. The minimum absolute atomic E-state index is 0.0214. The number of rotatable bonds is 4. The first-order chi connectivity index (χ1) is 19.5. The number of aliphatic hydroxyl groups is 3. The minimum Gasteiger partial charge on any atom is -0.510 e. The van der Waals surface area contributed by atoms with Crippen molar-refractivity contribution < 1.29 is 34.8 Å². The third-order valence-electron chi connectivity index (χ3n) is 9.08. The molecular formula is C32H37N3O7. The van der Waals surface area contributed by atoms with Gasteiger partial charge in [0.2, 0.25) is 5.78 Å². The number of likely N-dealkylation sites (N-methyl/N-ethyl adjacent to an activating group) is 1. The maximum absolute atomic E-state index is 14.1. The molecule has 2 aromatic carbocycles. The summed E-state index contributed by atoms with van der Waals surface area (Å²) in [7, 11) is 3.19. The van der Waals surface area contributed by atoms with Crippen LogP contribution in [0.5, 0.6) is 5.75 Å². The van der Waals surface area contributed by atoms with E-state index in [1.54, 1.807) is 20.2 Å². The van der Waals surface area contributed by atoms with Gasteiger partial charge in [-0.05, 0) is 66.6 Å². The van der Waals surface area contributed by atoms with Gasteiger partial charge in [-0.15, -0.1) is 0 Å². The number of allylic oxidation sites excluding steroid dienone is 1. The van der Waals surface area contributed by atoms with Crippen LogP contribution in [0, 0.1) is 11.8 Å². The molecule has 42 heavy (non-hydrogen) atoms. The van der Waals surface area contributed by atoms with E-state index in [1.807, 2.05) is 24.3 Å². The second-order valence-corrected chi connectivity index (χ2v) is 12.8. The molecule has 0 spiro atoms. The number of carbonyl (C=O) groups is 3. The van der Waals surface area contributed by atoms with Crippen molar-refractivity contribution in [2.24, 2.45) is 23.3 Å². The average molecular weight is 576 g/mol. The molecule has 0 aliphatic heterocycles. The molecule has 10 heteroatoms. The number of hydrogen-bond acceptors (Lipinski definition) is 9. The molecule has 0 aromatic heterocycles. The molecule has 4 atom stereocenters. The van der Waals surface area contributed by atoms with E-state index in [0.717, 1.165) is 11.1 Å². The van der Waals surface area contributed by atoms with E-state index in [4.69, 9.17) is 11.5 Å². The molecule has 3 aliphatic rings. The molecule has 0 heterocycles. The third kappa shape index (κ3) is 4.08. The second kappa shape index (κ2) is 9.79. The van der Waals surface area contributed by atoms with Crippen LogP contribution in [0.1, 0.15) is 54.2 Å². The van der Waals surface area contributed by atoms with Gasteiger partial charge in [-0.1, -0.05) is 45.0 Å². The molecule has 10 nitrogen and oxygen atoms in total. The number of fused-ring (bicyclic) bond motifs is 3. The smallest absolute Gasteiger partial charge is 0.255 e. The Hall–Kier alpha value is -3.99. The van der Waals surface area contributed by atoms with Gasteiger partial charge in [-0.25, -0.2) is 0 Å². The highest BCUT2D eigenvalue weighted by molar-refractivity contribution is 6.25. The summed E-state index contributed by atoms with van der Waals surface area (Å²) in [6.45, 7) is 6.26. The van der Waals surface area contributed by atoms with Gasteiger partial charge in [0.25, 0.3) is 5.91 Å². The Morgan fingerprint density at radius 1 is 1.10 bits per heavy atom. The average Bonchev–Trinajstić information content (AvgIpc) is 2.90. The number of aliphatic hydroxyl groups excluding tert-OH is 2. The fraction of sp³-hybridized carbons (Fsp3) is 0.406. The van der Waals surface area contributed by atoms with E-state index in [2.05, 4.69) is 20.8 Å². The quantitative estimate of drug-likeness (QED) is 0.298. The van der Waals surface area contributed by atoms with Crippen molar-refractivity contribution in [3.63, 3.8) is 0 Å². The van der Waals surface area contributed by atoms with Crippen molar-refractivity contribution in [1.82, 2.24) is 4.90 Å². The Kier molecular flexibility index (Phi) is 6.88. The van der Waals surface area contributed by atoms with Crippen molar-refractivity contribution in [2.45, 2.75) is 57.2 Å². The number of phenolic OH excluding ortho intramolecular Hbond substituents is 1. The second-order valence-electron chi connectivity index (χ2n) is 12.8. The highest BCUT2D eigenvalue weighted by atomic mass is 16.3. The molecule has 3 aliphatic carbocycles. The van der Waals surface area contributed by atoms with Crippen LogP contribution in [0.4, 0.5) is 0 Å². The predicted molar refractivity (Wildman–Crippen MR) is 156 cm³/mol. The summed E-state index contributed by atoms with van der Waals surface area (Å²) >= 11 is 0. The summed E-state index contributed by atoms with van der Waals surface area (Å²) in [5.41, 5.74) is 11.0. The lowest BCUT2D eigenvalue weighted by atomic mass is 9.58. The van der Waals surface area contributed by atoms with Crippen LogP contribution >= 0.6 is 0 Å². The zero-order valence-electron chi connectivity index (χ0n) is 24.4. The molecule has 0 fully saturated rings. The van der Waals surface area contributed by atoms with Gasteiger partial charge in [-0.2, -0.15) is 0 Å². The summed E-state index contributed by atoms with van der Waals surface area (Å²) in [5, 5.41) is 45.5. The molecular weight excluding hydrogens is 538 g/mol. The Morgan fingerprint density at radius 3 is 2.24 bits per heavy atom. The van der Waals surface area contributed by atoms with Crippen LogP contribution in [0.3, 0.4) is 0 Å². The number of ketones is 2. The van der Waals surface area contributed by atoms with Gasteiger partial charge in [-0.3, -0.25) is 19.3 Å². The van der Waals surface area contributed by atoms with Crippen LogP contribution < -0.4 is 11.5 Å². The van der Waals surface area contributed by atoms with Crippen molar-refractivity contribution in [1.29, 1.82) is 0 Å². The fourth-order valence-electron chi connectivity index (χ4n) is 6.94. The molecule has 0 unspecified atom stereocenters. The number of phenols is 1. The number of carbonyl (C=O) groups excluding carboxylic acids is 3. The fourth-order valence-corrected chi connectivity index (χ4v) is 6.94. The first kappa shape index (κ1) is 29.5. The first-order valence-corrected chi connectivity index (χ1v) is 13.9. The predicted octanol–water partition coefficient (Wildman–Crippen LogP) is 2.54. The summed E-state index contributed by atoms with van der Waals surface area (Å²) in [6.07, 6.45) is 0.219. The number of hydrogen-bond donors (Lipinski definition) is 6. The van der Waals surface area contributed by atoms with Crippen molar-refractivity contribution in [3.8, 4) is 16.9 Å². The number of primary amides is 1. The molecule has 222 valence electrons. The normalized spacial score (nSPS) is 25.9. The molecule has 0 radical (unpaired) electrons. The Labute approximate surface area is 243 Å². The molecule has 0 saturated heterocycles. The van der Waals surface area contributed by atoms with Gasteiger partial charge < -0.3 is 31.9 Å². The molecule has 2 aromatic rings. The standard InChI is InChI=1S/C32H37N3O7/c1-31(2,3)17-8-6-14(7-9-17)18-11-16(13-33)25(36)22-19(18)10-15-12-20-24(35(4)5)27(38)23(30(34)41)29(40)32(20,42)28(39)21(15)26(22)37/h6-9,11,15,20,24,36,38-39,42H,10,12-13,33H2,1-5H3,(H2,34,41)/t15-,20-,24+,32-/m0/s1. The largest absolute Gasteiger partial charge is 0.510 e. The third-order valence-corrected chi connectivity index (χ3v) is 9.08. The number of aromatic hydroxyl groups is 1. The monoisotopic (exact) mass is 575 g/mol. The van der Waals surface area contributed by atoms with E-state index in [0.29, 0.717) is 16.7 Å². The molecule has 0 saturated carbocycles. The Bertz CT molecular complexity index is 1600. The zero-order chi connectivity index (χ0) is 31.0. The Balaban J connectivity index is 1.73. The van der Waals surface area contributed by atoms with E-state index >= 15 is 0 Å². The van der Waals surface area contributed by atoms with E-state index < -0.39 is 58.0 Å². The first-order valence-electron chi connectivity index (χ1n) is 13.9. The molecule has 0 bridgehead atoms. The van der Waals surface area contributed by atoms with Gasteiger partial charge in [0.15, 0.2) is 11.4 Å². The lowest BCUT2D eigenvalue weighted by Gasteiger charge is -2.50. The Morgan fingerprint density at radius 2 is 1.71 bits per heavy atom. The van der Waals surface area contributed by atoms with Crippen LogP contribution in [0.15, 0.2) is 53.0 Å². The van der Waals surface area contributed by atoms with E-state index in [1.165, 1.54) is 4.90 Å². The van der Waals surface area contributed by atoms with Crippen LogP contribution in [-0.2, 0) is 28.0 Å². The molecule has 1 amide bonds. The summed E-state index contributed by atoms with van der Waals surface area (Å²) in [5.74, 6) is -6.83. The molecule has 8 N–H and O–H groups in total. The molecule has 5 rings (SSSR count). The van der Waals surface area contributed by atoms with Crippen LogP contribution in [0.25, 0.3) is 11.1 Å². The maximum atomic E-state index is 14.1. The van der Waals surface area contributed by atoms with Crippen molar-refractivity contribution in [3.05, 3.63) is 75.3 Å². The topological polar surface area (TPSA) is 187 Å². The lowest BCUT2D eigenvalue weighted by Crippen LogP contribution is -2.63. The summed E-state index contributed by atoms with van der Waals surface area (Å²) in [4.78, 5) is 41.3. The van der Waals surface area contributed by atoms with Gasteiger partial charge in [0, 0.05) is 23.6 Å². The van der Waals surface area contributed by atoms with Gasteiger partial charge in [0.05, 0.1) is 11.6 Å². The highest BCUT2D eigenvalue weighted by Crippen LogP contribution is 2.53. The van der Waals surface area contributed by atoms with Crippen molar-refractivity contribution in [2.75, 3.05) is 14.1 Å². The number of amides is 1. The summed E-state index contributed by atoms with van der Waals surface area (Å²) < 4.78 is 0. The minimum atomic E-state index is -2.68. The van der Waals surface area contributed by atoms with Gasteiger partial charge in [0.1, 0.15) is 22.8 Å². The number of benzene rings is 2. The highest BCUT2D eigenvalue weighted by Gasteiger charge is 2.63. The zero-order valence-corrected chi connectivity index (χ0v) is 24.4. The number of nitrogens with zero attached hydrogens (tertiary/aromatic N) is 1. The van der Waals surface area contributed by atoms with Crippen LogP contribution in [0.2, 0.25) is 0 Å². The van der Waals surface area contributed by atoms with Crippen LogP contribution in [-0.4, -0.2) is 68.5 Å². The van der Waals surface area contributed by atoms with E-state index in [-0.39, 0.29) is 41.7 Å². The maximum Gasteiger partial charge on any atom is 0.255 e. The lowest BCUT2D eigenvalue weighted by molar-refractivity contribution is -0.148.